The van der Waals surface area contributed by atoms with Gasteiger partial charge in [0.25, 0.3) is 0 Å². The van der Waals surface area contributed by atoms with E-state index in [2.05, 4.69) is 63.4 Å². The van der Waals surface area contributed by atoms with Crippen LogP contribution in [0.15, 0.2) is 73.1 Å². The third-order valence-corrected chi connectivity index (χ3v) is 6.70. The average Bonchev–Trinajstić information content (AvgIpc) is 3.57. The minimum atomic E-state index is 0.865. The largest absolute Gasteiger partial charge is 0.354 e. The summed E-state index contributed by atoms with van der Waals surface area (Å²) in [5, 5.41) is 4.36. The minimum Gasteiger partial charge on any atom is -0.354 e. The Morgan fingerprint density at radius 1 is 0.818 bits per heavy atom. The van der Waals surface area contributed by atoms with Crippen molar-refractivity contribution in [2.24, 2.45) is 0 Å². The summed E-state index contributed by atoms with van der Waals surface area (Å²) in [7, 11) is 0. The van der Waals surface area contributed by atoms with Crippen molar-refractivity contribution in [3.8, 4) is 17.1 Å². The molecule has 0 unspecified atom stereocenters. The van der Waals surface area contributed by atoms with Gasteiger partial charge in [0.1, 0.15) is 5.82 Å². The average molecular weight is 437 g/mol. The van der Waals surface area contributed by atoms with Gasteiger partial charge in [-0.1, -0.05) is 42.5 Å². The standard InChI is InChI=1S/C27H28N6/c1-2-8-22(9-3-1)26-29-25-12-5-11-24(25)27(30-26)32-17-15-31(16-18-32)20-21-7-4-10-23(19-21)33-14-6-13-28-33/h1-4,6-10,13-14,19H,5,11-12,15-18,20H2. The van der Waals surface area contributed by atoms with Crippen molar-refractivity contribution in [1.29, 1.82) is 0 Å². The monoisotopic (exact) mass is 436 g/mol. The lowest BCUT2D eigenvalue weighted by molar-refractivity contribution is 0.249. The molecule has 0 radical (unpaired) electrons. The Balaban J connectivity index is 1.18. The first-order valence-corrected chi connectivity index (χ1v) is 11.8. The van der Waals surface area contributed by atoms with Crippen LogP contribution in [0, 0.1) is 0 Å². The number of anilines is 1. The van der Waals surface area contributed by atoms with Crippen LogP contribution in [0.5, 0.6) is 0 Å². The second kappa shape index (κ2) is 8.79. The number of piperazine rings is 1. The molecule has 6 nitrogen and oxygen atoms in total. The second-order valence-corrected chi connectivity index (χ2v) is 8.90. The summed E-state index contributed by atoms with van der Waals surface area (Å²) >= 11 is 0. The zero-order valence-corrected chi connectivity index (χ0v) is 18.8. The third kappa shape index (κ3) is 4.14. The number of nitrogens with zero attached hydrogens (tertiary/aromatic N) is 6. The van der Waals surface area contributed by atoms with Crippen molar-refractivity contribution in [2.75, 3.05) is 31.1 Å². The highest BCUT2D eigenvalue weighted by molar-refractivity contribution is 5.61. The highest BCUT2D eigenvalue weighted by Gasteiger charge is 2.26. The van der Waals surface area contributed by atoms with Crippen LogP contribution in [0.25, 0.3) is 17.1 Å². The van der Waals surface area contributed by atoms with Crippen molar-refractivity contribution in [3.63, 3.8) is 0 Å². The van der Waals surface area contributed by atoms with Crippen molar-refractivity contribution < 1.29 is 0 Å². The van der Waals surface area contributed by atoms with Crippen LogP contribution in [-0.2, 0) is 19.4 Å². The lowest BCUT2D eigenvalue weighted by Gasteiger charge is -2.36. The highest BCUT2D eigenvalue weighted by Crippen LogP contribution is 2.32. The fourth-order valence-electron chi connectivity index (χ4n) is 4.99. The Morgan fingerprint density at radius 2 is 1.70 bits per heavy atom. The van der Waals surface area contributed by atoms with Gasteiger partial charge < -0.3 is 4.90 Å². The van der Waals surface area contributed by atoms with Crippen LogP contribution in [0.4, 0.5) is 5.82 Å². The molecular weight excluding hydrogens is 408 g/mol. The SMILES string of the molecule is c1ccc(-c2nc3c(c(N4CCN(Cc5cccc(-n6cccn6)c5)CC4)n2)CCC3)cc1. The van der Waals surface area contributed by atoms with Crippen LogP contribution >= 0.6 is 0 Å². The Labute approximate surface area is 194 Å². The Kier molecular flexibility index (Phi) is 5.36. The molecule has 1 aliphatic carbocycles. The lowest BCUT2D eigenvalue weighted by atomic mass is 10.1. The first kappa shape index (κ1) is 20.1. The fourth-order valence-corrected chi connectivity index (χ4v) is 4.99. The first-order valence-electron chi connectivity index (χ1n) is 11.8. The summed E-state index contributed by atoms with van der Waals surface area (Å²) < 4.78 is 1.92. The molecule has 6 heteroatoms. The topological polar surface area (TPSA) is 50.1 Å². The van der Waals surface area contributed by atoms with E-state index < -0.39 is 0 Å². The molecule has 1 aliphatic heterocycles. The summed E-state index contributed by atoms with van der Waals surface area (Å²) in [5.41, 5.74) is 6.16. The van der Waals surface area contributed by atoms with Gasteiger partial charge in [0.2, 0.25) is 0 Å². The van der Waals surface area contributed by atoms with Crippen LogP contribution < -0.4 is 4.90 Å². The lowest BCUT2D eigenvalue weighted by Crippen LogP contribution is -2.46. The summed E-state index contributed by atoms with van der Waals surface area (Å²) in [6, 6.07) is 21.0. The molecule has 0 saturated carbocycles. The second-order valence-electron chi connectivity index (χ2n) is 8.90. The van der Waals surface area contributed by atoms with Gasteiger partial charge in [-0.2, -0.15) is 5.10 Å². The van der Waals surface area contributed by atoms with E-state index in [1.807, 2.05) is 29.2 Å². The molecule has 6 rings (SSSR count). The fraction of sp³-hybridized carbons (Fsp3) is 0.296. The number of fused-ring (bicyclic) bond motifs is 1. The number of hydrogen-bond donors (Lipinski definition) is 0. The molecule has 1 saturated heterocycles. The minimum absolute atomic E-state index is 0.865. The number of rotatable bonds is 5. The molecule has 3 heterocycles. The quantitative estimate of drug-likeness (QED) is 0.471. The molecule has 4 aromatic rings. The Morgan fingerprint density at radius 3 is 2.52 bits per heavy atom. The number of hydrogen-bond acceptors (Lipinski definition) is 5. The number of aromatic nitrogens is 4. The molecule has 33 heavy (non-hydrogen) atoms. The molecule has 2 aromatic carbocycles. The smallest absolute Gasteiger partial charge is 0.161 e. The molecule has 0 atom stereocenters. The molecule has 166 valence electrons. The summed E-state index contributed by atoms with van der Waals surface area (Å²) in [4.78, 5) is 15.0. The maximum atomic E-state index is 5.07. The highest BCUT2D eigenvalue weighted by atomic mass is 15.3. The van der Waals surface area contributed by atoms with Crippen molar-refractivity contribution in [1.82, 2.24) is 24.6 Å². The van der Waals surface area contributed by atoms with Gasteiger partial charge in [-0.25, -0.2) is 14.6 Å². The Hall–Kier alpha value is -3.51. The van der Waals surface area contributed by atoms with E-state index in [9.17, 15) is 0 Å². The third-order valence-electron chi connectivity index (χ3n) is 6.70. The van der Waals surface area contributed by atoms with Gasteiger partial charge >= 0.3 is 0 Å². The molecule has 0 spiro atoms. The van der Waals surface area contributed by atoms with E-state index in [0.29, 0.717) is 0 Å². The van der Waals surface area contributed by atoms with E-state index in [-0.39, 0.29) is 0 Å². The van der Waals surface area contributed by atoms with Gasteiger partial charge in [0.15, 0.2) is 5.82 Å². The summed E-state index contributed by atoms with van der Waals surface area (Å²) in [6.45, 7) is 5.02. The van der Waals surface area contributed by atoms with Crippen LogP contribution in [-0.4, -0.2) is 50.8 Å². The van der Waals surface area contributed by atoms with Crippen molar-refractivity contribution >= 4 is 5.82 Å². The van der Waals surface area contributed by atoms with E-state index in [0.717, 1.165) is 68.5 Å². The predicted molar refractivity (Wildman–Crippen MR) is 131 cm³/mol. The molecule has 0 amide bonds. The predicted octanol–water partition coefficient (Wildman–Crippen LogP) is 4.14. The Bertz CT molecular complexity index is 1230. The molecule has 2 aliphatic rings. The normalized spacial score (nSPS) is 16.2. The van der Waals surface area contributed by atoms with Crippen molar-refractivity contribution in [2.45, 2.75) is 25.8 Å². The molecular formula is C27H28N6. The van der Waals surface area contributed by atoms with E-state index >= 15 is 0 Å². The first-order chi connectivity index (χ1) is 16.3. The molecule has 0 N–H and O–H groups in total. The van der Waals surface area contributed by atoms with Crippen molar-refractivity contribution in [3.05, 3.63) is 89.9 Å². The van der Waals surface area contributed by atoms with Gasteiger partial charge in [-0.15, -0.1) is 0 Å². The number of benzene rings is 2. The zero-order valence-electron chi connectivity index (χ0n) is 18.8. The maximum absolute atomic E-state index is 5.07. The van der Waals surface area contributed by atoms with Crippen LogP contribution in [0.1, 0.15) is 23.2 Å². The summed E-state index contributed by atoms with van der Waals surface area (Å²) in [6.07, 6.45) is 7.15. The van der Waals surface area contributed by atoms with Gasteiger partial charge in [0, 0.05) is 61.9 Å². The van der Waals surface area contributed by atoms with E-state index in [1.165, 1.54) is 23.2 Å². The van der Waals surface area contributed by atoms with E-state index in [1.54, 1.807) is 0 Å². The zero-order chi connectivity index (χ0) is 22.0. The van der Waals surface area contributed by atoms with Crippen LogP contribution in [0.2, 0.25) is 0 Å². The van der Waals surface area contributed by atoms with Gasteiger partial charge in [0.05, 0.1) is 5.69 Å². The summed E-state index contributed by atoms with van der Waals surface area (Å²) in [5.74, 6) is 2.03. The van der Waals surface area contributed by atoms with Crippen LogP contribution in [0.3, 0.4) is 0 Å². The molecule has 0 bridgehead atoms. The van der Waals surface area contributed by atoms with E-state index in [4.69, 9.17) is 9.97 Å². The molecule has 2 aromatic heterocycles. The van der Waals surface area contributed by atoms with Gasteiger partial charge in [-0.05, 0) is 43.0 Å². The maximum Gasteiger partial charge on any atom is 0.161 e. The molecule has 1 fully saturated rings. The number of aryl methyl sites for hydroxylation is 1. The van der Waals surface area contributed by atoms with Gasteiger partial charge in [-0.3, -0.25) is 4.90 Å².